The van der Waals surface area contributed by atoms with E-state index in [-0.39, 0.29) is 0 Å². The van der Waals surface area contributed by atoms with Crippen molar-refractivity contribution in [2.75, 3.05) is 12.3 Å². The van der Waals surface area contributed by atoms with E-state index in [1.54, 1.807) is 11.3 Å². The lowest BCUT2D eigenvalue weighted by atomic mass is 10.0. The van der Waals surface area contributed by atoms with Gasteiger partial charge in [-0.05, 0) is 12.8 Å². The number of hydrogen-bond acceptors (Lipinski definition) is 4. The quantitative estimate of drug-likeness (QED) is 0.802. The molecular weight excluding hydrogens is 182 g/mol. The zero-order valence-corrected chi connectivity index (χ0v) is 8.68. The molecule has 72 valence electrons. The van der Waals surface area contributed by atoms with Crippen molar-refractivity contribution in [3.63, 3.8) is 0 Å². The number of hydrogen-bond donors (Lipinski definition) is 1. The number of nitrogens with two attached hydrogens (primary N) is 1. The van der Waals surface area contributed by atoms with Crippen molar-refractivity contribution in [1.82, 2.24) is 9.88 Å². The predicted molar refractivity (Wildman–Crippen MR) is 55.6 cm³/mol. The Hall–Kier alpha value is -0.610. The second kappa shape index (κ2) is 3.64. The summed E-state index contributed by atoms with van der Waals surface area (Å²) < 4.78 is 0. The molecule has 1 fully saturated rings. The van der Waals surface area contributed by atoms with Crippen LogP contribution in [0.5, 0.6) is 0 Å². The van der Waals surface area contributed by atoms with Gasteiger partial charge in [-0.15, -0.1) is 11.3 Å². The van der Waals surface area contributed by atoms with Gasteiger partial charge < -0.3 is 5.73 Å². The minimum Gasteiger partial charge on any atom is -0.375 e. The molecule has 13 heavy (non-hydrogen) atoms. The maximum absolute atomic E-state index is 5.57. The van der Waals surface area contributed by atoms with E-state index in [1.165, 1.54) is 24.3 Å². The predicted octanol–water partition coefficient (Wildman–Crippen LogP) is 1.71. The fourth-order valence-corrected chi connectivity index (χ4v) is 2.47. The third kappa shape index (κ3) is 1.84. The molecule has 0 radical (unpaired) electrons. The molecule has 1 aromatic heterocycles. The molecule has 1 atom stereocenters. The average Bonchev–Trinajstić information content (AvgIpc) is 2.46. The fourth-order valence-electron chi connectivity index (χ4n) is 1.76. The van der Waals surface area contributed by atoms with Gasteiger partial charge >= 0.3 is 0 Å². The molecule has 2 N–H and O–H groups in total. The number of likely N-dealkylation sites (tertiary alicyclic amines) is 1. The van der Waals surface area contributed by atoms with Gasteiger partial charge in [0.05, 0.1) is 0 Å². The normalized spacial score (nSPS) is 23.0. The molecule has 0 spiro atoms. The molecule has 1 saturated heterocycles. The minimum absolute atomic E-state index is 0.684. The number of nitrogens with zero attached hydrogens (tertiary/aromatic N) is 2. The van der Waals surface area contributed by atoms with Crippen molar-refractivity contribution in [2.45, 2.75) is 32.4 Å². The molecule has 4 heteroatoms. The zero-order valence-electron chi connectivity index (χ0n) is 7.86. The van der Waals surface area contributed by atoms with Crippen LogP contribution in [-0.4, -0.2) is 22.5 Å². The third-order valence-corrected chi connectivity index (χ3v) is 3.48. The van der Waals surface area contributed by atoms with Crippen LogP contribution in [0, 0.1) is 0 Å². The van der Waals surface area contributed by atoms with Crippen LogP contribution in [0.15, 0.2) is 6.20 Å². The number of nitrogen functional groups attached to an aromatic ring is 1. The van der Waals surface area contributed by atoms with E-state index in [4.69, 9.17) is 5.73 Å². The van der Waals surface area contributed by atoms with Crippen LogP contribution >= 0.6 is 11.3 Å². The van der Waals surface area contributed by atoms with E-state index in [0.29, 0.717) is 5.13 Å². The molecule has 0 bridgehead atoms. The van der Waals surface area contributed by atoms with Gasteiger partial charge in [-0.1, -0.05) is 6.92 Å². The van der Waals surface area contributed by atoms with Gasteiger partial charge in [0.2, 0.25) is 0 Å². The highest BCUT2D eigenvalue weighted by Gasteiger charge is 2.26. The first-order valence-electron chi connectivity index (χ1n) is 4.74. The first-order chi connectivity index (χ1) is 6.29. The average molecular weight is 197 g/mol. The fraction of sp³-hybridized carbons (Fsp3) is 0.667. The Balaban J connectivity index is 1.91. The van der Waals surface area contributed by atoms with Crippen molar-refractivity contribution >= 4 is 16.5 Å². The monoisotopic (exact) mass is 197 g/mol. The van der Waals surface area contributed by atoms with Gasteiger partial charge in [0.25, 0.3) is 0 Å². The Morgan fingerprint density at radius 1 is 1.77 bits per heavy atom. The summed E-state index contributed by atoms with van der Waals surface area (Å²) >= 11 is 1.60. The van der Waals surface area contributed by atoms with Gasteiger partial charge in [-0.3, -0.25) is 4.90 Å². The summed E-state index contributed by atoms with van der Waals surface area (Å²) in [5.74, 6) is 0. The van der Waals surface area contributed by atoms with Crippen molar-refractivity contribution < 1.29 is 0 Å². The van der Waals surface area contributed by atoms with Crippen molar-refractivity contribution in [2.24, 2.45) is 0 Å². The van der Waals surface area contributed by atoms with Gasteiger partial charge in [0.1, 0.15) is 0 Å². The maximum Gasteiger partial charge on any atom is 0.180 e. The summed E-state index contributed by atoms with van der Waals surface area (Å²) in [5.41, 5.74) is 5.57. The minimum atomic E-state index is 0.684. The van der Waals surface area contributed by atoms with E-state index >= 15 is 0 Å². The lowest BCUT2D eigenvalue weighted by molar-refractivity contribution is 0.0802. The molecule has 0 saturated carbocycles. The smallest absolute Gasteiger partial charge is 0.180 e. The summed E-state index contributed by atoms with van der Waals surface area (Å²) in [6, 6.07) is 0.795. The van der Waals surface area contributed by atoms with Crippen molar-refractivity contribution in [1.29, 1.82) is 0 Å². The Bertz CT molecular complexity index is 282. The summed E-state index contributed by atoms with van der Waals surface area (Å²) in [7, 11) is 0. The van der Waals surface area contributed by atoms with E-state index in [0.717, 1.165) is 12.6 Å². The second-order valence-electron chi connectivity index (χ2n) is 3.49. The first kappa shape index (κ1) is 8.97. The number of thiazole rings is 1. The van der Waals surface area contributed by atoms with Gasteiger partial charge in [0, 0.05) is 30.2 Å². The lowest BCUT2D eigenvalue weighted by Crippen LogP contribution is -2.46. The first-order valence-corrected chi connectivity index (χ1v) is 5.55. The third-order valence-electron chi connectivity index (χ3n) is 2.67. The van der Waals surface area contributed by atoms with Crippen molar-refractivity contribution in [3.05, 3.63) is 11.1 Å². The molecule has 1 aromatic rings. The summed E-state index contributed by atoms with van der Waals surface area (Å²) in [5, 5.41) is 0.684. The van der Waals surface area contributed by atoms with Gasteiger partial charge in [-0.2, -0.15) is 0 Å². The largest absolute Gasteiger partial charge is 0.375 e. The van der Waals surface area contributed by atoms with Gasteiger partial charge in [-0.25, -0.2) is 4.98 Å². The van der Waals surface area contributed by atoms with E-state index in [9.17, 15) is 0 Å². The van der Waals surface area contributed by atoms with E-state index in [2.05, 4.69) is 16.8 Å². The summed E-state index contributed by atoms with van der Waals surface area (Å²) in [4.78, 5) is 7.83. The molecular formula is C9H15N3S. The maximum atomic E-state index is 5.57. The lowest BCUT2D eigenvalue weighted by Gasteiger charge is -2.40. The van der Waals surface area contributed by atoms with Crippen LogP contribution in [0.4, 0.5) is 5.13 Å². The molecule has 3 nitrogen and oxygen atoms in total. The molecule has 0 aromatic carbocycles. The zero-order chi connectivity index (χ0) is 9.26. The Morgan fingerprint density at radius 3 is 3.08 bits per heavy atom. The van der Waals surface area contributed by atoms with Crippen LogP contribution in [0.25, 0.3) is 0 Å². The topological polar surface area (TPSA) is 42.2 Å². The summed E-state index contributed by atoms with van der Waals surface area (Å²) in [6.07, 6.45) is 4.50. The summed E-state index contributed by atoms with van der Waals surface area (Å²) in [6.45, 7) is 4.52. The standard InChI is InChI=1S/C9H15N3S/c1-2-7-3-4-12(7)6-8-5-11-9(10)13-8/h5,7H,2-4,6H2,1H3,(H2,10,11). The van der Waals surface area contributed by atoms with Crippen LogP contribution in [-0.2, 0) is 6.54 Å². The van der Waals surface area contributed by atoms with Crippen LogP contribution in [0.2, 0.25) is 0 Å². The number of aromatic nitrogens is 1. The molecule has 1 unspecified atom stereocenters. The van der Waals surface area contributed by atoms with Crippen LogP contribution < -0.4 is 5.73 Å². The number of rotatable bonds is 3. The molecule has 2 rings (SSSR count). The highest BCUT2D eigenvalue weighted by molar-refractivity contribution is 7.15. The SMILES string of the molecule is CCC1CCN1Cc1cnc(N)s1. The molecule has 1 aliphatic heterocycles. The van der Waals surface area contributed by atoms with Gasteiger partial charge in [0.15, 0.2) is 5.13 Å². The van der Waals surface area contributed by atoms with E-state index in [1.807, 2.05) is 6.20 Å². The van der Waals surface area contributed by atoms with E-state index < -0.39 is 0 Å². The Morgan fingerprint density at radius 2 is 2.62 bits per heavy atom. The molecule has 2 heterocycles. The van der Waals surface area contributed by atoms with Crippen molar-refractivity contribution in [3.8, 4) is 0 Å². The molecule has 1 aliphatic rings. The molecule has 0 aliphatic carbocycles. The van der Waals surface area contributed by atoms with Crippen LogP contribution in [0.1, 0.15) is 24.6 Å². The highest BCUT2D eigenvalue weighted by atomic mass is 32.1. The second-order valence-corrected chi connectivity index (χ2v) is 4.63. The Labute approximate surface area is 82.6 Å². The highest BCUT2D eigenvalue weighted by Crippen LogP contribution is 2.25. The Kier molecular flexibility index (Phi) is 2.51. The number of anilines is 1. The molecule has 0 amide bonds. The van der Waals surface area contributed by atoms with Crippen LogP contribution in [0.3, 0.4) is 0 Å².